The highest BCUT2D eigenvalue weighted by Crippen LogP contribution is 2.34. The third-order valence-electron chi connectivity index (χ3n) is 6.40. The number of aromatic nitrogens is 3. The topological polar surface area (TPSA) is 89.2 Å². The molecule has 0 unspecified atom stereocenters. The Labute approximate surface area is 194 Å². The van der Waals surface area contributed by atoms with Crippen LogP contribution in [0, 0.1) is 5.92 Å². The van der Waals surface area contributed by atoms with Gasteiger partial charge in [-0.15, -0.1) is 0 Å². The van der Waals surface area contributed by atoms with Crippen LogP contribution in [0.3, 0.4) is 0 Å². The van der Waals surface area contributed by atoms with E-state index >= 15 is 0 Å². The number of aryl methyl sites for hydroxylation is 1. The van der Waals surface area contributed by atoms with Gasteiger partial charge in [0.2, 0.25) is 0 Å². The number of aromatic carboxylic acids is 1. The number of benzene rings is 1. The van der Waals surface area contributed by atoms with Crippen LogP contribution in [-0.2, 0) is 13.6 Å². The number of nitrogens with one attached hydrogen (secondary N) is 1. The Kier molecular flexibility index (Phi) is 6.67. The van der Waals surface area contributed by atoms with E-state index < -0.39 is 5.97 Å². The van der Waals surface area contributed by atoms with Gasteiger partial charge >= 0.3 is 5.97 Å². The number of hydrogen-bond acceptors (Lipinski definition) is 4. The number of rotatable bonds is 7. The third-order valence-corrected chi connectivity index (χ3v) is 6.40. The molecule has 2 aromatic heterocycles. The van der Waals surface area contributed by atoms with Crippen LogP contribution >= 0.6 is 0 Å². The van der Waals surface area contributed by atoms with Crippen LogP contribution in [0.25, 0.3) is 11.1 Å². The number of anilines is 1. The summed E-state index contributed by atoms with van der Waals surface area (Å²) in [4.78, 5) is 24.3. The number of carbonyl (C=O) groups is 1. The zero-order valence-electron chi connectivity index (χ0n) is 19.5. The molecule has 1 aliphatic rings. The summed E-state index contributed by atoms with van der Waals surface area (Å²) in [5.74, 6) is -0.112. The van der Waals surface area contributed by atoms with E-state index in [4.69, 9.17) is 5.11 Å². The lowest BCUT2D eigenvalue weighted by Crippen LogP contribution is -2.31. The molecule has 0 spiro atoms. The van der Waals surface area contributed by atoms with Crippen LogP contribution in [0.15, 0.2) is 53.7 Å². The smallest absolute Gasteiger partial charge is 0.335 e. The minimum atomic E-state index is -0.897. The molecular formula is C26H32N4O3. The Morgan fingerprint density at radius 2 is 1.82 bits per heavy atom. The minimum absolute atomic E-state index is 0.0164. The van der Waals surface area contributed by atoms with Gasteiger partial charge in [0.1, 0.15) is 5.69 Å². The van der Waals surface area contributed by atoms with Gasteiger partial charge in [0.15, 0.2) is 0 Å². The van der Waals surface area contributed by atoms with Crippen molar-refractivity contribution < 1.29 is 9.90 Å². The van der Waals surface area contributed by atoms with Gasteiger partial charge in [-0.25, -0.2) is 4.79 Å². The number of nitrogens with zero attached hydrogens (tertiary/aromatic N) is 3. The Balaban J connectivity index is 1.49. The maximum absolute atomic E-state index is 13.2. The first-order chi connectivity index (χ1) is 15.8. The van der Waals surface area contributed by atoms with Crippen LogP contribution in [0.5, 0.6) is 0 Å². The summed E-state index contributed by atoms with van der Waals surface area (Å²) < 4.78 is 3.58. The van der Waals surface area contributed by atoms with Gasteiger partial charge in [-0.1, -0.05) is 26.0 Å². The van der Waals surface area contributed by atoms with E-state index in [2.05, 4.69) is 24.3 Å². The zero-order chi connectivity index (χ0) is 23.5. The Morgan fingerprint density at radius 1 is 1.12 bits per heavy atom. The molecule has 0 aliphatic heterocycles. The molecule has 1 aliphatic carbocycles. The van der Waals surface area contributed by atoms with Crippen molar-refractivity contribution in [3.8, 4) is 11.1 Å². The second-order valence-corrected chi connectivity index (χ2v) is 9.52. The van der Waals surface area contributed by atoms with Crippen LogP contribution in [0.1, 0.15) is 61.4 Å². The summed E-state index contributed by atoms with van der Waals surface area (Å²) in [6, 6.07) is 9.43. The molecule has 2 N–H and O–H groups in total. The van der Waals surface area contributed by atoms with Crippen molar-refractivity contribution in [2.75, 3.05) is 5.32 Å². The average molecular weight is 449 g/mol. The van der Waals surface area contributed by atoms with E-state index in [-0.39, 0.29) is 11.6 Å². The fraction of sp³-hybridized carbons (Fsp3) is 0.423. The van der Waals surface area contributed by atoms with E-state index in [0.717, 1.165) is 36.8 Å². The van der Waals surface area contributed by atoms with Gasteiger partial charge in [-0.3, -0.25) is 9.48 Å². The number of pyridine rings is 1. The van der Waals surface area contributed by atoms with E-state index in [1.165, 1.54) is 5.56 Å². The lowest BCUT2D eigenvalue weighted by atomic mass is 9.81. The van der Waals surface area contributed by atoms with Crippen LogP contribution in [0.2, 0.25) is 0 Å². The molecule has 0 radical (unpaired) electrons. The summed E-state index contributed by atoms with van der Waals surface area (Å²) in [5, 5.41) is 16.9. The first kappa shape index (κ1) is 22.8. The van der Waals surface area contributed by atoms with Gasteiger partial charge in [0, 0.05) is 43.2 Å². The Morgan fingerprint density at radius 3 is 2.39 bits per heavy atom. The predicted octanol–water partition coefficient (Wildman–Crippen LogP) is 4.74. The summed E-state index contributed by atoms with van der Waals surface area (Å²) >= 11 is 0. The Bertz CT molecular complexity index is 1170. The van der Waals surface area contributed by atoms with E-state index in [0.29, 0.717) is 29.6 Å². The third kappa shape index (κ3) is 5.35. The molecule has 7 heteroatoms. The van der Waals surface area contributed by atoms with Crippen LogP contribution < -0.4 is 10.9 Å². The van der Waals surface area contributed by atoms with Gasteiger partial charge in [0.25, 0.3) is 5.56 Å². The van der Waals surface area contributed by atoms with Gasteiger partial charge in [-0.05, 0) is 61.3 Å². The largest absolute Gasteiger partial charge is 0.478 e. The van der Waals surface area contributed by atoms with Gasteiger partial charge in [-0.2, -0.15) is 5.10 Å². The van der Waals surface area contributed by atoms with Crippen LogP contribution in [0.4, 0.5) is 5.69 Å². The van der Waals surface area contributed by atoms with Crippen molar-refractivity contribution in [3.05, 3.63) is 70.4 Å². The molecule has 3 aromatic rings. The normalized spacial score (nSPS) is 18.4. The fourth-order valence-corrected chi connectivity index (χ4v) is 4.69. The summed E-state index contributed by atoms with van der Waals surface area (Å²) in [5.41, 5.74) is 4.15. The molecule has 33 heavy (non-hydrogen) atoms. The van der Waals surface area contributed by atoms with Crippen molar-refractivity contribution in [2.24, 2.45) is 13.0 Å². The van der Waals surface area contributed by atoms with Crippen molar-refractivity contribution in [1.82, 2.24) is 14.3 Å². The molecule has 1 saturated carbocycles. The summed E-state index contributed by atoms with van der Waals surface area (Å²) in [6.45, 7) is 4.89. The second kappa shape index (κ2) is 9.65. The van der Waals surface area contributed by atoms with Crippen molar-refractivity contribution >= 4 is 11.7 Å². The highest BCUT2D eigenvalue weighted by atomic mass is 16.4. The second-order valence-electron chi connectivity index (χ2n) is 9.52. The summed E-state index contributed by atoms with van der Waals surface area (Å²) in [6.07, 6.45) is 9.66. The van der Waals surface area contributed by atoms with Crippen molar-refractivity contribution in [1.29, 1.82) is 0 Å². The highest BCUT2D eigenvalue weighted by molar-refractivity contribution is 5.87. The standard InChI is InChI=1S/C26H32N4O3/c1-17(2)14-30-16-21(22-13-27-29(3)15-22)12-24(25(30)31)28-23-10-8-19(9-11-23)18-4-6-20(7-5-18)26(32)33/h4-7,12-13,15-17,19,23,28H,8-11,14H2,1-3H3,(H,32,33). The molecule has 174 valence electrons. The maximum atomic E-state index is 13.2. The molecule has 0 amide bonds. The molecule has 4 rings (SSSR count). The predicted molar refractivity (Wildman–Crippen MR) is 130 cm³/mol. The van der Waals surface area contributed by atoms with E-state index in [1.54, 1.807) is 16.8 Å². The lowest BCUT2D eigenvalue weighted by molar-refractivity contribution is 0.0697. The number of carboxylic acid groups (broad SMARTS) is 1. The molecular weight excluding hydrogens is 416 g/mol. The first-order valence-corrected chi connectivity index (χ1v) is 11.6. The van der Waals surface area contributed by atoms with E-state index in [1.807, 2.05) is 48.4 Å². The van der Waals surface area contributed by atoms with Crippen molar-refractivity contribution in [2.45, 2.75) is 58.0 Å². The first-order valence-electron chi connectivity index (χ1n) is 11.6. The quantitative estimate of drug-likeness (QED) is 0.545. The van der Waals surface area contributed by atoms with Gasteiger partial charge < -0.3 is 15.0 Å². The molecule has 1 aromatic carbocycles. The van der Waals surface area contributed by atoms with Gasteiger partial charge in [0.05, 0.1) is 11.8 Å². The maximum Gasteiger partial charge on any atom is 0.335 e. The molecule has 0 bridgehead atoms. The zero-order valence-corrected chi connectivity index (χ0v) is 19.5. The summed E-state index contributed by atoms with van der Waals surface area (Å²) in [7, 11) is 1.89. The van der Waals surface area contributed by atoms with Crippen molar-refractivity contribution in [3.63, 3.8) is 0 Å². The molecule has 7 nitrogen and oxygen atoms in total. The molecule has 2 heterocycles. The Hall–Kier alpha value is -3.35. The minimum Gasteiger partial charge on any atom is -0.478 e. The van der Waals surface area contributed by atoms with Crippen LogP contribution in [-0.4, -0.2) is 31.5 Å². The fourth-order valence-electron chi connectivity index (χ4n) is 4.69. The molecule has 1 fully saturated rings. The SMILES string of the molecule is CC(C)Cn1cc(-c2cnn(C)c2)cc(NC2CCC(c3ccc(C(=O)O)cc3)CC2)c1=O. The lowest BCUT2D eigenvalue weighted by Gasteiger charge is -2.30. The highest BCUT2D eigenvalue weighted by Gasteiger charge is 2.23. The molecule has 0 saturated heterocycles. The van der Waals surface area contributed by atoms with E-state index in [9.17, 15) is 9.59 Å². The number of hydrogen-bond donors (Lipinski definition) is 2. The number of carboxylic acids is 1. The monoisotopic (exact) mass is 448 g/mol. The molecule has 0 atom stereocenters. The average Bonchev–Trinajstić information content (AvgIpc) is 3.23.